The Labute approximate surface area is 154 Å². The largest absolute Gasteiger partial charge is 0.414 e. The Morgan fingerprint density at radius 1 is 1.00 bits per heavy atom. The van der Waals surface area contributed by atoms with Crippen LogP contribution >= 0.6 is 0 Å². The van der Waals surface area contributed by atoms with Gasteiger partial charge in [0, 0.05) is 6.42 Å². The van der Waals surface area contributed by atoms with E-state index in [4.69, 9.17) is 4.43 Å². The minimum absolute atomic E-state index is 0.301. The van der Waals surface area contributed by atoms with Gasteiger partial charge in [-0.1, -0.05) is 19.4 Å². The zero-order valence-electron chi connectivity index (χ0n) is 16.9. The van der Waals surface area contributed by atoms with Crippen LogP contribution in [0.3, 0.4) is 0 Å². The molecule has 4 rings (SSSR count). The van der Waals surface area contributed by atoms with E-state index in [0.717, 1.165) is 37.0 Å². The number of fused-ring (bicyclic) bond motifs is 5. The minimum atomic E-state index is -1.49. The summed E-state index contributed by atoms with van der Waals surface area (Å²) in [7, 11) is -1.49. The van der Waals surface area contributed by atoms with Crippen molar-refractivity contribution >= 4 is 14.1 Å². The Hall–Kier alpha value is -0.413. The van der Waals surface area contributed by atoms with Crippen LogP contribution in [0.5, 0.6) is 0 Å². The summed E-state index contributed by atoms with van der Waals surface area (Å²) in [5.74, 6) is 2.85. The monoisotopic (exact) mass is 360 g/mol. The van der Waals surface area contributed by atoms with Gasteiger partial charge in [-0.2, -0.15) is 0 Å². The van der Waals surface area contributed by atoms with Crippen molar-refractivity contribution in [2.75, 3.05) is 0 Å². The Bertz CT molecular complexity index is 604. The Morgan fingerprint density at radius 2 is 1.76 bits per heavy atom. The van der Waals surface area contributed by atoms with Crippen LogP contribution in [-0.2, 0) is 9.22 Å². The summed E-state index contributed by atoms with van der Waals surface area (Å²) in [5, 5.41) is 0. The lowest BCUT2D eigenvalue weighted by molar-refractivity contribution is -0.117. The van der Waals surface area contributed by atoms with E-state index in [-0.39, 0.29) is 0 Å². The molecule has 3 fully saturated rings. The molecule has 4 aliphatic carbocycles. The first-order valence-corrected chi connectivity index (χ1v) is 14.0. The molecule has 4 aliphatic rings. The first-order chi connectivity index (χ1) is 11.6. The van der Waals surface area contributed by atoms with Gasteiger partial charge in [-0.25, -0.2) is 0 Å². The molecule has 5 unspecified atom stereocenters. The molecule has 3 saturated carbocycles. The first kappa shape index (κ1) is 18.0. The van der Waals surface area contributed by atoms with Crippen molar-refractivity contribution in [2.45, 2.75) is 91.0 Å². The number of carbonyl (C=O) groups excluding carboxylic acids is 1. The highest BCUT2D eigenvalue weighted by molar-refractivity contribution is 6.69. The molecule has 2 nitrogen and oxygen atoms in total. The predicted molar refractivity (Wildman–Crippen MR) is 105 cm³/mol. The molecule has 25 heavy (non-hydrogen) atoms. The normalized spacial score (nSPS) is 46.9. The summed E-state index contributed by atoms with van der Waals surface area (Å²) < 4.78 is 6.68. The Kier molecular flexibility index (Phi) is 4.16. The van der Waals surface area contributed by atoms with Crippen molar-refractivity contribution in [3.63, 3.8) is 0 Å². The van der Waals surface area contributed by atoms with Gasteiger partial charge in [0.05, 0.1) is 6.10 Å². The van der Waals surface area contributed by atoms with E-state index in [2.05, 4.69) is 33.5 Å². The number of allylic oxidation sites excluding steroid dienone is 1. The zero-order valence-corrected chi connectivity index (χ0v) is 17.9. The lowest BCUT2D eigenvalue weighted by atomic mass is 9.47. The van der Waals surface area contributed by atoms with Gasteiger partial charge in [0.1, 0.15) is 0 Å². The van der Waals surface area contributed by atoms with Crippen molar-refractivity contribution in [1.82, 2.24) is 0 Å². The molecule has 0 aromatic heterocycles. The van der Waals surface area contributed by atoms with Gasteiger partial charge in [-0.3, -0.25) is 4.79 Å². The SMILES string of the molecule is CC12CCC(=O)C=C1CCC1C2CCC2(C)C1CC[C@H]2O[Si](C)(C)C. The van der Waals surface area contributed by atoms with Crippen LogP contribution in [0, 0.1) is 28.6 Å². The first-order valence-electron chi connectivity index (χ1n) is 10.6. The van der Waals surface area contributed by atoms with Crippen LogP contribution in [0.2, 0.25) is 19.6 Å². The highest BCUT2D eigenvalue weighted by atomic mass is 28.4. The number of rotatable bonds is 2. The maximum Gasteiger partial charge on any atom is 0.184 e. The fraction of sp³-hybridized carbons (Fsp3) is 0.864. The van der Waals surface area contributed by atoms with Crippen LogP contribution in [0.25, 0.3) is 0 Å². The van der Waals surface area contributed by atoms with E-state index in [0.29, 0.717) is 22.7 Å². The van der Waals surface area contributed by atoms with Gasteiger partial charge in [-0.05, 0) is 99.2 Å². The summed E-state index contributed by atoms with van der Waals surface area (Å²) in [6.45, 7) is 12.0. The highest BCUT2D eigenvalue weighted by Gasteiger charge is 2.59. The topological polar surface area (TPSA) is 26.3 Å². The summed E-state index contributed by atoms with van der Waals surface area (Å²) in [4.78, 5) is 11.9. The molecule has 0 spiro atoms. The van der Waals surface area contributed by atoms with Gasteiger partial charge in [-0.15, -0.1) is 0 Å². The average molecular weight is 361 g/mol. The molecular weight excluding hydrogens is 324 g/mol. The summed E-state index contributed by atoms with van der Waals surface area (Å²) in [6.07, 6.45) is 12.1. The minimum Gasteiger partial charge on any atom is -0.414 e. The van der Waals surface area contributed by atoms with E-state index in [1.165, 1.54) is 37.7 Å². The Balaban J connectivity index is 1.60. The molecule has 140 valence electrons. The van der Waals surface area contributed by atoms with E-state index in [1.807, 2.05) is 6.08 Å². The van der Waals surface area contributed by atoms with Crippen LogP contribution in [0.15, 0.2) is 11.6 Å². The molecular formula is C22H36O2Si. The molecule has 0 radical (unpaired) electrons. The smallest absolute Gasteiger partial charge is 0.184 e. The van der Waals surface area contributed by atoms with Gasteiger partial charge in [0.25, 0.3) is 0 Å². The number of ketones is 1. The van der Waals surface area contributed by atoms with Crippen LogP contribution in [-0.4, -0.2) is 20.2 Å². The fourth-order valence-electron chi connectivity index (χ4n) is 7.13. The van der Waals surface area contributed by atoms with Gasteiger partial charge in [0.2, 0.25) is 0 Å². The molecule has 0 N–H and O–H groups in total. The second-order valence-electron chi connectivity index (χ2n) is 10.8. The second-order valence-corrected chi connectivity index (χ2v) is 15.3. The molecule has 3 heteroatoms. The third-order valence-electron chi connectivity index (χ3n) is 8.37. The lowest BCUT2D eigenvalue weighted by Gasteiger charge is -2.58. The molecule has 6 atom stereocenters. The summed E-state index contributed by atoms with van der Waals surface area (Å²) in [6, 6.07) is 0. The van der Waals surface area contributed by atoms with E-state index < -0.39 is 8.32 Å². The summed E-state index contributed by atoms with van der Waals surface area (Å²) in [5.41, 5.74) is 2.18. The maximum atomic E-state index is 11.9. The third kappa shape index (κ3) is 2.81. The maximum absolute atomic E-state index is 11.9. The van der Waals surface area contributed by atoms with Crippen molar-refractivity contribution in [2.24, 2.45) is 28.6 Å². The van der Waals surface area contributed by atoms with Crippen molar-refractivity contribution < 1.29 is 9.22 Å². The Morgan fingerprint density at radius 3 is 2.48 bits per heavy atom. The van der Waals surface area contributed by atoms with Crippen molar-refractivity contribution in [1.29, 1.82) is 0 Å². The highest BCUT2D eigenvalue weighted by Crippen LogP contribution is 2.65. The molecule has 0 bridgehead atoms. The van der Waals surface area contributed by atoms with Gasteiger partial charge in [0.15, 0.2) is 14.1 Å². The van der Waals surface area contributed by atoms with Crippen LogP contribution in [0.4, 0.5) is 0 Å². The molecule has 0 heterocycles. The van der Waals surface area contributed by atoms with Gasteiger partial charge >= 0.3 is 0 Å². The van der Waals surface area contributed by atoms with E-state index >= 15 is 0 Å². The number of hydrogen-bond donors (Lipinski definition) is 0. The van der Waals surface area contributed by atoms with Crippen LogP contribution in [0.1, 0.15) is 65.2 Å². The van der Waals surface area contributed by atoms with E-state index in [1.54, 1.807) is 0 Å². The molecule has 0 amide bonds. The zero-order chi connectivity index (χ0) is 18.0. The average Bonchev–Trinajstić information content (AvgIpc) is 2.83. The number of hydrogen-bond acceptors (Lipinski definition) is 2. The van der Waals surface area contributed by atoms with E-state index in [9.17, 15) is 4.79 Å². The molecule has 0 aromatic rings. The molecule has 0 saturated heterocycles. The lowest BCUT2D eigenvalue weighted by Crippen LogP contribution is -2.52. The standard InChI is InChI=1S/C22H36O2Si/c1-21-12-10-16(23)14-15(21)6-7-17-18-8-9-20(24-25(3,4)5)22(18,2)13-11-19(17)21/h14,17-20H,6-13H2,1-5H3/t17?,18?,19?,20-,21?,22?/m1/s1. The van der Waals surface area contributed by atoms with Crippen molar-refractivity contribution in [3.05, 3.63) is 11.6 Å². The fourth-order valence-corrected chi connectivity index (χ4v) is 8.37. The van der Waals surface area contributed by atoms with Crippen LogP contribution < -0.4 is 0 Å². The summed E-state index contributed by atoms with van der Waals surface area (Å²) >= 11 is 0. The van der Waals surface area contributed by atoms with Gasteiger partial charge < -0.3 is 4.43 Å². The number of carbonyl (C=O) groups is 1. The quantitative estimate of drug-likeness (QED) is 0.587. The molecule has 0 aliphatic heterocycles. The second kappa shape index (κ2) is 5.79. The molecule has 0 aromatic carbocycles. The predicted octanol–water partition coefficient (Wildman–Crippen LogP) is 5.74. The van der Waals surface area contributed by atoms with Crippen molar-refractivity contribution in [3.8, 4) is 0 Å². The third-order valence-corrected chi connectivity index (χ3v) is 9.36.